The maximum absolute atomic E-state index is 13.0. The minimum atomic E-state index is -0.140. The molecule has 2 amide bonds. The number of nitrogens with zero attached hydrogens (tertiary/aromatic N) is 3. The zero-order valence-corrected chi connectivity index (χ0v) is 22.5. The molecule has 1 aliphatic heterocycles. The van der Waals surface area contributed by atoms with E-state index < -0.39 is 0 Å². The predicted molar refractivity (Wildman–Crippen MR) is 157 cm³/mol. The standard InChI is InChI=1S/C30H34N8O2/c1-31-28(39)10-4-2-3-9-25(18-33-30(40)22-13-15-26(16-14-22)38-20-34-36-37-38)29-32-19-27(35-29)24-12-11-21-7-5-6-8-23(21)17-24/h5-8,11-17,19-20,25,36-37H,2-4,9-10,18H2,1H3,(H,31,39)(H,32,35)(H,33,40). The number of imidazole rings is 1. The third kappa shape index (κ3) is 6.65. The number of nitrogens with one attached hydrogen (secondary N) is 5. The lowest BCUT2D eigenvalue weighted by molar-refractivity contribution is -0.120. The summed E-state index contributed by atoms with van der Waals surface area (Å²) < 4.78 is 0. The summed E-state index contributed by atoms with van der Waals surface area (Å²) in [5, 5.41) is 13.7. The highest BCUT2D eigenvalue weighted by atomic mass is 16.2. The molecule has 0 spiro atoms. The molecule has 3 aromatic carbocycles. The van der Waals surface area contributed by atoms with Crippen LogP contribution in [0.5, 0.6) is 0 Å². The van der Waals surface area contributed by atoms with Crippen LogP contribution in [0.1, 0.15) is 54.2 Å². The highest BCUT2D eigenvalue weighted by Gasteiger charge is 2.18. The van der Waals surface area contributed by atoms with Gasteiger partial charge in [0.05, 0.1) is 17.6 Å². The van der Waals surface area contributed by atoms with E-state index in [2.05, 4.69) is 62.1 Å². The lowest BCUT2D eigenvalue weighted by Gasteiger charge is -2.17. The fourth-order valence-electron chi connectivity index (χ4n) is 4.78. The van der Waals surface area contributed by atoms with Crippen molar-refractivity contribution in [2.75, 3.05) is 18.6 Å². The molecule has 1 atom stereocenters. The van der Waals surface area contributed by atoms with Gasteiger partial charge < -0.3 is 15.6 Å². The average Bonchev–Trinajstić information content (AvgIpc) is 3.71. The molecule has 10 nitrogen and oxygen atoms in total. The quantitative estimate of drug-likeness (QED) is 0.172. The van der Waals surface area contributed by atoms with E-state index in [9.17, 15) is 9.59 Å². The van der Waals surface area contributed by atoms with Gasteiger partial charge in [0, 0.05) is 37.1 Å². The van der Waals surface area contributed by atoms with E-state index in [-0.39, 0.29) is 17.7 Å². The maximum Gasteiger partial charge on any atom is 0.251 e. The van der Waals surface area contributed by atoms with E-state index in [0.717, 1.165) is 48.5 Å². The van der Waals surface area contributed by atoms with Gasteiger partial charge in [0.15, 0.2) is 0 Å². The average molecular weight is 539 g/mol. The highest BCUT2D eigenvalue weighted by Crippen LogP contribution is 2.26. The number of hydrogen-bond donors (Lipinski definition) is 5. The number of aromatic nitrogens is 2. The third-order valence-corrected chi connectivity index (χ3v) is 7.10. The lowest BCUT2D eigenvalue weighted by Crippen LogP contribution is -2.37. The summed E-state index contributed by atoms with van der Waals surface area (Å²) >= 11 is 0. The van der Waals surface area contributed by atoms with Crippen LogP contribution < -0.4 is 26.7 Å². The minimum Gasteiger partial charge on any atom is -0.359 e. The molecule has 0 aliphatic carbocycles. The SMILES string of the molecule is CNC(=O)CCCCCC(CNC(=O)c1ccc(N2C=NNN2)cc1)c1ncc(-c2ccc3ccccc3c2)[nH]1. The number of amides is 2. The van der Waals surface area contributed by atoms with Gasteiger partial charge in [-0.2, -0.15) is 5.10 Å². The van der Waals surface area contributed by atoms with E-state index in [1.165, 1.54) is 10.8 Å². The molecule has 0 fully saturated rings. The van der Waals surface area contributed by atoms with Crippen molar-refractivity contribution in [3.8, 4) is 11.3 Å². The van der Waals surface area contributed by atoms with Crippen molar-refractivity contribution < 1.29 is 9.59 Å². The Morgan fingerprint density at radius 1 is 0.975 bits per heavy atom. The van der Waals surface area contributed by atoms with Crippen molar-refractivity contribution in [3.05, 3.63) is 84.3 Å². The molecule has 1 unspecified atom stereocenters. The summed E-state index contributed by atoms with van der Waals surface area (Å²) in [5.74, 6) is 0.772. The topological polar surface area (TPSA) is 127 Å². The number of hydrazine groups is 2. The van der Waals surface area contributed by atoms with Gasteiger partial charge in [-0.15, -0.1) is 5.53 Å². The number of hydrazone groups is 1. The van der Waals surface area contributed by atoms with Crippen LogP contribution in [-0.4, -0.2) is 41.7 Å². The van der Waals surface area contributed by atoms with Crippen LogP contribution >= 0.6 is 0 Å². The van der Waals surface area contributed by atoms with Crippen LogP contribution in [0.2, 0.25) is 0 Å². The first-order valence-corrected chi connectivity index (χ1v) is 13.6. The first-order valence-electron chi connectivity index (χ1n) is 13.6. The van der Waals surface area contributed by atoms with Crippen LogP contribution in [0.25, 0.3) is 22.0 Å². The van der Waals surface area contributed by atoms with Crippen molar-refractivity contribution in [1.82, 2.24) is 31.7 Å². The van der Waals surface area contributed by atoms with Gasteiger partial charge in [-0.25, -0.2) is 15.5 Å². The molecule has 2 heterocycles. The molecule has 40 heavy (non-hydrogen) atoms. The van der Waals surface area contributed by atoms with Gasteiger partial charge in [0.1, 0.15) is 12.2 Å². The lowest BCUT2D eigenvalue weighted by atomic mass is 9.99. The fraction of sp³-hybridized carbons (Fsp3) is 0.267. The van der Waals surface area contributed by atoms with E-state index in [1.807, 2.05) is 30.5 Å². The molecule has 1 aliphatic rings. The summed E-state index contributed by atoms with van der Waals surface area (Å²) in [4.78, 5) is 32.8. The summed E-state index contributed by atoms with van der Waals surface area (Å²) in [5.41, 5.74) is 8.96. The van der Waals surface area contributed by atoms with Crippen molar-refractivity contribution >= 4 is 34.6 Å². The summed E-state index contributed by atoms with van der Waals surface area (Å²) in [6.07, 6.45) is 7.53. The van der Waals surface area contributed by atoms with Gasteiger partial charge in [0.2, 0.25) is 5.91 Å². The Morgan fingerprint density at radius 3 is 2.58 bits per heavy atom. The Morgan fingerprint density at radius 2 is 1.80 bits per heavy atom. The molecule has 5 rings (SSSR count). The number of anilines is 1. The van der Waals surface area contributed by atoms with Crippen LogP contribution in [-0.2, 0) is 4.79 Å². The zero-order valence-electron chi connectivity index (χ0n) is 22.5. The summed E-state index contributed by atoms with van der Waals surface area (Å²) in [6.45, 7) is 0.449. The number of H-pyrrole nitrogens is 1. The van der Waals surface area contributed by atoms with Gasteiger partial charge in [-0.05, 0) is 53.9 Å². The van der Waals surface area contributed by atoms with Gasteiger partial charge in [0.25, 0.3) is 5.91 Å². The molecule has 4 aromatic rings. The zero-order chi connectivity index (χ0) is 27.7. The summed E-state index contributed by atoms with van der Waals surface area (Å²) in [7, 11) is 1.66. The van der Waals surface area contributed by atoms with Gasteiger partial charge in [-0.1, -0.05) is 49.2 Å². The number of hydrogen-bond acceptors (Lipinski definition) is 7. The normalized spacial score (nSPS) is 13.3. The van der Waals surface area contributed by atoms with E-state index in [1.54, 1.807) is 30.5 Å². The van der Waals surface area contributed by atoms with Crippen LogP contribution in [0.15, 0.2) is 78.0 Å². The molecule has 10 heteroatoms. The number of carbonyl (C=O) groups is 2. The Bertz CT molecular complexity index is 1480. The smallest absolute Gasteiger partial charge is 0.251 e. The number of aromatic amines is 1. The highest BCUT2D eigenvalue weighted by molar-refractivity contribution is 5.95. The molecular formula is C30H34N8O2. The Kier molecular flexibility index (Phi) is 8.67. The van der Waals surface area contributed by atoms with E-state index in [4.69, 9.17) is 4.98 Å². The molecular weight excluding hydrogens is 504 g/mol. The molecule has 5 N–H and O–H groups in total. The third-order valence-electron chi connectivity index (χ3n) is 7.10. The molecule has 0 saturated carbocycles. The van der Waals surface area contributed by atoms with Crippen molar-refractivity contribution in [1.29, 1.82) is 0 Å². The van der Waals surface area contributed by atoms with Gasteiger partial charge >= 0.3 is 0 Å². The molecule has 206 valence electrons. The first-order chi connectivity index (χ1) is 19.6. The monoisotopic (exact) mass is 538 g/mol. The van der Waals surface area contributed by atoms with Gasteiger partial charge in [-0.3, -0.25) is 9.59 Å². The second-order valence-corrected chi connectivity index (χ2v) is 9.81. The first kappa shape index (κ1) is 26.9. The minimum absolute atomic E-state index is 0.00789. The van der Waals surface area contributed by atoms with Crippen molar-refractivity contribution in [2.24, 2.45) is 5.10 Å². The number of benzene rings is 3. The van der Waals surface area contributed by atoms with Crippen molar-refractivity contribution in [3.63, 3.8) is 0 Å². The predicted octanol–water partition coefficient (Wildman–Crippen LogP) is 4.21. The fourth-order valence-corrected chi connectivity index (χ4v) is 4.78. The Labute approximate surface area is 233 Å². The molecule has 1 aromatic heterocycles. The Hall–Kier alpha value is -4.70. The second kappa shape index (κ2) is 12.9. The number of fused-ring (bicyclic) bond motifs is 1. The second-order valence-electron chi connectivity index (χ2n) is 9.81. The number of carbonyl (C=O) groups excluding carboxylic acids is 2. The van der Waals surface area contributed by atoms with Crippen LogP contribution in [0.3, 0.4) is 0 Å². The van der Waals surface area contributed by atoms with E-state index >= 15 is 0 Å². The summed E-state index contributed by atoms with van der Waals surface area (Å²) in [6, 6.07) is 21.9. The van der Waals surface area contributed by atoms with Crippen molar-refractivity contribution in [2.45, 2.75) is 38.0 Å². The molecule has 0 saturated heterocycles. The van der Waals surface area contributed by atoms with Crippen LogP contribution in [0.4, 0.5) is 5.69 Å². The maximum atomic E-state index is 13.0. The largest absolute Gasteiger partial charge is 0.359 e. The number of unbranched alkanes of at least 4 members (excludes halogenated alkanes) is 2. The Balaban J connectivity index is 1.25. The number of rotatable bonds is 12. The molecule has 0 bridgehead atoms. The van der Waals surface area contributed by atoms with E-state index in [0.29, 0.717) is 18.5 Å². The van der Waals surface area contributed by atoms with Crippen LogP contribution in [0, 0.1) is 0 Å². The molecule has 0 radical (unpaired) electrons.